The first-order valence-electron chi connectivity index (χ1n) is 5.52. The summed E-state index contributed by atoms with van der Waals surface area (Å²) < 4.78 is 12.0. The van der Waals surface area contributed by atoms with Crippen LogP contribution in [-0.4, -0.2) is 15.7 Å². The molecule has 1 unspecified atom stereocenters. The van der Waals surface area contributed by atoms with Gasteiger partial charge in [0.25, 0.3) is 0 Å². The molecule has 1 rings (SSSR count). The number of aryl methyl sites for hydroxylation is 2. The molecule has 0 aliphatic heterocycles. The van der Waals surface area contributed by atoms with Crippen LogP contribution in [0, 0.1) is 13.8 Å². The summed E-state index contributed by atoms with van der Waals surface area (Å²) >= 11 is 0. The van der Waals surface area contributed by atoms with Crippen LogP contribution in [0.2, 0.25) is 0 Å². The molecule has 0 spiro atoms. The van der Waals surface area contributed by atoms with Gasteiger partial charge in [0, 0.05) is 11.3 Å². The third-order valence-electron chi connectivity index (χ3n) is 2.40. The highest BCUT2D eigenvalue weighted by Gasteiger charge is 2.11. The van der Waals surface area contributed by atoms with Crippen LogP contribution in [0.1, 0.15) is 30.9 Å². The highest BCUT2D eigenvalue weighted by molar-refractivity contribution is 7.85. The van der Waals surface area contributed by atoms with Crippen molar-refractivity contribution in [2.75, 3.05) is 5.75 Å². The van der Waals surface area contributed by atoms with E-state index in [9.17, 15) is 9.00 Å². The predicted octanol–water partition coefficient (Wildman–Crippen LogP) is 2.78. The minimum absolute atomic E-state index is 0.0841. The third kappa shape index (κ3) is 3.56. The molecule has 0 saturated carbocycles. The first kappa shape index (κ1) is 13.1. The second-order valence-corrected chi connectivity index (χ2v) is 5.47. The predicted molar refractivity (Wildman–Crippen MR) is 67.1 cm³/mol. The van der Waals surface area contributed by atoms with Crippen LogP contribution in [0.5, 0.6) is 0 Å². The Kier molecular flexibility index (Phi) is 4.87. The lowest BCUT2D eigenvalue weighted by Gasteiger charge is -2.06. The van der Waals surface area contributed by atoms with E-state index in [1.165, 1.54) is 0 Å². The zero-order valence-corrected chi connectivity index (χ0v) is 10.9. The molecule has 0 aliphatic rings. The standard InChI is InChI=1S/C13H18O2S/c1-4-5-12(14)9-16(15)13-7-6-10(2)8-11(13)3/h6-8H,4-5,9H2,1-3H3. The molecule has 0 radical (unpaired) electrons. The number of benzene rings is 1. The molecule has 0 amide bonds. The van der Waals surface area contributed by atoms with E-state index in [-0.39, 0.29) is 11.5 Å². The van der Waals surface area contributed by atoms with Crippen LogP contribution < -0.4 is 0 Å². The van der Waals surface area contributed by atoms with E-state index in [0.29, 0.717) is 6.42 Å². The molecular formula is C13H18O2S. The van der Waals surface area contributed by atoms with E-state index in [4.69, 9.17) is 0 Å². The van der Waals surface area contributed by atoms with E-state index >= 15 is 0 Å². The molecule has 1 aromatic rings. The Morgan fingerprint density at radius 2 is 2.00 bits per heavy atom. The second kappa shape index (κ2) is 5.94. The van der Waals surface area contributed by atoms with Gasteiger partial charge in [0.05, 0.1) is 16.6 Å². The Labute approximate surface area is 99.5 Å². The first-order valence-corrected chi connectivity index (χ1v) is 6.83. The van der Waals surface area contributed by atoms with Gasteiger partial charge in [0.15, 0.2) is 0 Å². The van der Waals surface area contributed by atoms with Gasteiger partial charge in [-0.05, 0) is 31.9 Å². The van der Waals surface area contributed by atoms with Gasteiger partial charge in [-0.15, -0.1) is 0 Å². The molecule has 0 fully saturated rings. The van der Waals surface area contributed by atoms with Gasteiger partial charge in [-0.2, -0.15) is 0 Å². The summed E-state index contributed by atoms with van der Waals surface area (Å²) in [4.78, 5) is 12.2. The topological polar surface area (TPSA) is 34.1 Å². The SMILES string of the molecule is CCCC(=O)CS(=O)c1ccc(C)cc1C. The maximum atomic E-state index is 12.0. The number of ketones is 1. The molecule has 0 aliphatic carbocycles. The van der Waals surface area contributed by atoms with Crippen molar-refractivity contribution in [3.05, 3.63) is 29.3 Å². The highest BCUT2D eigenvalue weighted by atomic mass is 32.2. The van der Waals surface area contributed by atoms with Crippen molar-refractivity contribution in [1.29, 1.82) is 0 Å². The molecule has 3 heteroatoms. The molecule has 0 N–H and O–H groups in total. The van der Waals surface area contributed by atoms with Crippen LogP contribution in [0.3, 0.4) is 0 Å². The Morgan fingerprint density at radius 3 is 2.56 bits per heavy atom. The average Bonchev–Trinajstić information content (AvgIpc) is 2.17. The number of Topliss-reactive ketones (excluding diaryl/α,β-unsaturated/α-hetero) is 1. The lowest BCUT2D eigenvalue weighted by atomic mass is 10.2. The summed E-state index contributed by atoms with van der Waals surface area (Å²) in [5.41, 5.74) is 2.15. The molecular weight excluding hydrogens is 220 g/mol. The van der Waals surface area contributed by atoms with Gasteiger partial charge in [-0.1, -0.05) is 24.6 Å². The fourth-order valence-electron chi connectivity index (χ4n) is 1.63. The van der Waals surface area contributed by atoms with Crippen molar-refractivity contribution in [2.24, 2.45) is 0 Å². The number of carbonyl (C=O) groups is 1. The van der Waals surface area contributed by atoms with Crippen molar-refractivity contribution in [3.8, 4) is 0 Å². The molecule has 88 valence electrons. The lowest BCUT2D eigenvalue weighted by molar-refractivity contribution is -0.116. The fourth-order valence-corrected chi connectivity index (χ4v) is 2.86. The summed E-state index contributed by atoms with van der Waals surface area (Å²) in [5, 5.41) is 0. The Bertz CT molecular complexity index is 410. The minimum atomic E-state index is -1.18. The molecule has 0 saturated heterocycles. The maximum Gasteiger partial charge on any atom is 0.145 e. The number of carbonyl (C=O) groups excluding carboxylic acids is 1. The van der Waals surface area contributed by atoms with Gasteiger partial charge in [0.1, 0.15) is 5.78 Å². The van der Waals surface area contributed by atoms with Crippen molar-refractivity contribution < 1.29 is 9.00 Å². The van der Waals surface area contributed by atoms with Crippen molar-refractivity contribution in [1.82, 2.24) is 0 Å². The molecule has 16 heavy (non-hydrogen) atoms. The smallest absolute Gasteiger partial charge is 0.145 e. The molecule has 0 aromatic heterocycles. The Morgan fingerprint density at radius 1 is 1.31 bits per heavy atom. The molecule has 2 nitrogen and oxygen atoms in total. The molecule has 1 atom stereocenters. The largest absolute Gasteiger partial charge is 0.299 e. The monoisotopic (exact) mass is 238 g/mol. The van der Waals surface area contributed by atoms with Gasteiger partial charge in [-0.3, -0.25) is 9.00 Å². The second-order valence-electron chi connectivity index (χ2n) is 4.05. The molecule has 1 aromatic carbocycles. The highest BCUT2D eigenvalue weighted by Crippen LogP contribution is 2.15. The summed E-state index contributed by atoms with van der Waals surface area (Å²) in [6.45, 7) is 5.89. The fraction of sp³-hybridized carbons (Fsp3) is 0.462. The summed E-state index contributed by atoms with van der Waals surface area (Å²) in [7, 11) is -1.18. The number of hydrogen-bond donors (Lipinski definition) is 0. The maximum absolute atomic E-state index is 12.0. The van der Waals surface area contributed by atoms with Crippen molar-refractivity contribution in [3.63, 3.8) is 0 Å². The van der Waals surface area contributed by atoms with E-state index < -0.39 is 10.8 Å². The van der Waals surface area contributed by atoms with Crippen LogP contribution in [0.15, 0.2) is 23.1 Å². The summed E-state index contributed by atoms with van der Waals surface area (Å²) in [5.74, 6) is 0.235. The van der Waals surface area contributed by atoms with Crippen LogP contribution >= 0.6 is 0 Å². The Balaban J connectivity index is 2.77. The van der Waals surface area contributed by atoms with Gasteiger partial charge in [-0.25, -0.2) is 0 Å². The lowest BCUT2D eigenvalue weighted by Crippen LogP contribution is -2.11. The normalized spacial score (nSPS) is 12.4. The van der Waals surface area contributed by atoms with Crippen molar-refractivity contribution in [2.45, 2.75) is 38.5 Å². The van der Waals surface area contributed by atoms with E-state index in [0.717, 1.165) is 22.4 Å². The Hall–Kier alpha value is -0.960. The first-order chi connectivity index (χ1) is 7.54. The zero-order valence-electron chi connectivity index (χ0n) is 10.1. The van der Waals surface area contributed by atoms with E-state index in [2.05, 4.69) is 0 Å². The quantitative estimate of drug-likeness (QED) is 0.790. The average molecular weight is 238 g/mol. The van der Waals surface area contributed by atoms with Crippen LogP contribution in [0.4, 0.5) is 0 Å². The third-order valence-corrected chi connectivity index (χ3v) is 3.93. The molecule has 0 heterocycles. The van der Waals surface area contributed by atoms with E-state index in [1.54, 1.807) is 0 Å². The van der Waals surface area contributed by atoms with Gasteiger partial charge >= 0.3 is 0 Å². The van der Waals surface area contributed by atoms with Crippen LogP contribution in [-0.2, 0) is 15.6 Å². The van der Waals surface area contributed by atoms with Crippen molar-refractivity contribution >= 4 is 16.6 Å². The summed E-state index contributed by atoms with van der Waals surface area (Å²) in [6.07, 6.45) is 1.35. The van der Waals surface area contributed by atoms with Crippen LogP contribution in [0.25, 0.3) is 0 Å². The summed E-state index contributed by atoms with van der Waals surface area (Å²) in [6, 6.07) is 5.79. The number of hydrogen-bond acceptors (Lipinski definition) is 2. The number of rotatable bonds is 5. The zero-order chi connectivity index (χ0) is 12.1. The minimum Gasteiger partial charge on any atom is -0.299 e. The van der Waals surface area contributed by atoms with Gasteiger partial charge in [0.2, 0.25) is 0 Å². The molecule has 0 bridgehead atoms. The van der Waals surface area contributed by atoms with E-state index in [1.807, 2.05) is 39.0 Å². The van der Waals surface area contributed by atoms with Gasteiger partial charge < -0.3 is 0 Å².